The first-order chi connectivity index (χ1) is 11.6. The summed E-state index contributed by atoms with van der Waals surface area (Å²) in [6.07, 6.45) is 4.21. The molecule has 2 heterocycles. The van der Waals surface area contributed by atoms with Gasteiger partial charge in [0, 0.05) is 38.9 Å². The van der Waals surface area contributed by atoms with Crippen LogP contribution in [-0.4, -0.2) is 51.9 Å². The van der Waals surface area contributed by atoms with Crippen LogP contribution in [0, 0.1) is 13.8 Å². The van der Waals surface area contributed by atoms with Crippen LogP contribution in [0.3, 0.4) is 0 Å². The fourth-order valence-corrected chi connectivity index (χ4v) is 2.95. The minimum Gasteiger partial charge on any atom is -0.336 e. The maximum atomic E-state index is 12.6. The molecule has 3 rings (SSSR count). The fraction of sp³-hybridized carbons (Fsp3) is 0.421. The van der Waals surface area contributed by atoms with Gasteiger partial charge in [-0.25, -0.2) is 4.98 Å². The molecule has 0 bridgehead atoms. The highest BCUT2D eigenvalue weighted by Gasteiger charge is 2.21. The molecule has 1 saturated heterocycles. The van der Waals surface area contributed by atoms with E-state index in [0.717, 1.165) is 44.8 Å². The second-order valence-corrected chi connectivity index (χ2v) is 6.45. The average molecular weight is 324 g/mol. The molecule has 1 amide bonds. The first-order valence-electron chi connectivity index (χ1n) is 8.47. The summed E-state index contributed by atoms with van der Waals surface area (Å²) < 4.78 is 0. The Hall–Kier alpha value is -2.27. The number of amides is 1. The molecular weight excluding hydrogens is 300 g/mol. The maximum Gasteiger partial charge on any atom is 0.274 e. The summed E-state index contributed by atoms with van der Waals surface area (Å²) in [4.78, 5) is 25.3. The summed E-state index contributed by atoms with van der Waals surface area (Å²) in [5.41, 5.74) is 3.87. The van der Waals surface area contributed by atoms with Gasteiger partial charge < -0.3 is 4.90 Å². The Bertz CT molecular complexity index is 682. The highest BCUT2D eigenvalue weighted by atomic mass is 16.2. The number of benzene rings is 1. The molecule has 2 aromatic rings. The highest BCUT2D eigenvalue weighted by Crippen LogP contribution is 2.12. The van der Waals surface area contributed by atoms with Crippen molar-refractivity contribution in [3.05, 3.63) is 59.2 Å². The standard InChI is InChI=1S/C19H24N4O/c1-15-4-6-17(7-5-15)14-22-8-3-9-23(11-10-22)19(24)18-13-20-16(2)12-21-18/h4-7,12-13H,3,8-11,14H2,1-2H3. The van der Waals surface area contributed by atoms with Crippen molar-refractivity contribution in [2.75, 3.05) is 26.2 Å². The Labute approximate surface area is 143 Å². The Kier molecular flexibility index (Phi) is 5.20. The lowest BCUT2D eigenvalue weighted by atomic mass is 10.1. The van der Waals surface area contributed by atoms with Gasteiger partial charge >= 0.3 is 0 Å². The third-order valence-electron chi connectivity index (χ3n) is 4.40. The van der Waals surface area contributed by atoms with Gasteiger partial charge in [-0.3, -0.25) is 14.7 Å². The predicted molar refractivity (Wildman–Crippen MR) is 93.7 cm³/mol. The van der Waals surface area contributed by atoms with Crippen LogP contribution >= 0.6 is 0 Å². The molecule has 1 aromatic heterocycles. The number of aromatic nitrogens is 2. The molecule has 5 heteroatoms. The van der Waals surface area contributed by atoms with Crippen molar-refractivity contribution in [2.45, 2.75) is 26.8 Å². The Morgan fingerprint density at radius 1 is 1.00 bits per heavy atom. The van der Waals surface area contributed by atoms with E-state index >= 15 is 0 Å². The Morgan fingerprint density at radius 3 is 2.50 bits per heavy atom. The number of carbonyl (C=O) groups is 1. The third kappa shape index (κ3) is 4.17. The van der Waals surface area contributed by atoms with Gasteiger partial charge in [0.2, 0.25) is 0 Å². The van der Waals surface area contributed by atoms with Gasteiger partial charge in [0.05, 0.1) is 11.9 Å². The largest absolute Gasteiger partial charge is 0.336 e. The summed E-state index contributed by atoms with van der Waals surface area (Å²) in [5.74, 6) is -0.0142. The molecule has 0 unspecified atom stereocenters. The maximum absolute atomic E-state index is 12.6. The molecule has 1 fully saturated rings. The average Bonchev–Trinajstić information content (AvgIpc) is 2.83. The van der Waals surface area contributed by atoms with Crippen molar-refractivity contribution in [1.82, 2.24) is 19.8 Å². The smallest absolute Gasteiger partial charge is 0.274 e. The predicted octanol–water partition coefficient (Wildman–Crippen LogP) is 2.44. The summed E-state index contributed by atoms with van der Waals surface area (Å²) >= 11 is 0. The highest BCUT2D eigenvalue weighted by molar-refractivity contribution is 5.92. The van der Waals surface area contributed by atoms with Crippen LogP contribution in [-0.2, 0) is 6.54 Å². The number of hydrogen-bond acceptors (Lipinski definition) is 4. The molecule has 0 radical (unpaired) electrons. The van der Waals surface area contributed by atoms with Crippen LogP contribution in [0.2, 0.25) is 0 Å². The molecular formula is C19H24N4O. The molecule has 0 N–H and O–H groups in total. The molecule has 126 valence electrons. The van der Waals surface area contributed by atoms with Crippen LogP contribution < -0.4 is 0 Å². The van der Waals surface area contributed by atoms with Crippen LogP contribution in [0.4, 0.5) is 0 Å². The van der Waals surface area contributed by atoms with E-state index in [1.165, 1.54) is 11.1 Å². The monoisotopic (exact) mass is 324 g/mol. The van der Waals surface area contributed by atoms with E-state index in [4.69, 9.17) is 0 Å². The molecule has 0 aliphatic carbocycles. The topological polar surface area (TPSA) is 49.3 Å². The lowest BCUT2D eigenvalue weighted by Crippen LogP contribution is -2.35. The van der Waals surface area contributed by atoms with Crippen molar-refractivity contribution in [3.8, 4) is 0 Å². The number of nitrogens with zero attached hydrogens (tertiary/aromatic N) is 4. The lowest BCUT2D eigenvalue weighted by Gasteiger charge is -2.21. The molecule has 1 aliphatic heterocycles. The molecule has 0 atom stereocenters. The zero-order chi connectivity index (χ0) is 16.9. The van der Waals surface area contributed by atoms with E-state index in [9.17, 15) is 4.79 Å². The first-order valence-corrected chi connectivity index (χ1v) is 8.47. The van der Waals surface area contributed by atoms with Gasteiger partial charge in [-0.2, -0.15) is 0 Å². The van der Waals surface area contributed by atoms with E-state index in [-0.39, 0.29) is 5.91 Å². The summed E-state index contributed by atoms with van der Waals surface area (Å²) in [6.45, 7) is 8.32. The lowest BCUT2D eigenvalue weighted by molar-refractivity contribution is 0.0754. The van der Waals surface area contributed by atoms with Crippen LogP contribution in [0.25, 0.3) is 0 Å². The minimum absolute atomic E-state index is 0.0142. The van der Waals surface area contributed by atoms with Crippen molar-refractivity contribution >= 4 is 5.91 Å². The molecule has 0 spiro atoms. The zero-order valence-corrected chi connectivity index (χ0v) is 14.4. The van der Waals surface area contributed by atoms with E-state index in [1.807, 2.05) is 11.8 Å². The van der Waals surface area contributed by atoms with Crippen LogP contribution in [0.5, 0.6) is 0 Å². The normalized spacial score (nSPS) is 16.0. The van der Waals surface area contributed by atoms with Gasteiger partial charge in [0.25, 0.3) is 5.91 Å². The van der Waals surface area contributed by atoms with Crippen LogP contribution in [0.15, 0.2) is 36.7 Å². The van der Waals surface area contributed by atoms with Crippen molar-refractivity contribution in [2.24, 2.45) is 0 Å². The van der Waals surface area contributed by atoms with E-state index in [2.05, 4.69) is 46.1 Å². The molecule has 0 saturated carbocycles. The summed E-state index contributed by atoms with van der Waals surface area (Å²) in [5, 5.41) is 0. The van der Waals surface area contributed by atoms with Crippen LogP contribution in [0.1, 0.15) is 33.7 Å². The molecule has 1 aliphatic rings. The summed E-state index contributed by atoms with van der Waals surface area (Å²) in [6, 6.07) is 8.67. The van der Waals surface area contributed by atoms with E-state index in [0.29, 0.717) is 5.69 Å². The number of rotatable bonds is 3. The van der Waals surface area contributed by atoms with Gasteiger partial charge in [0.1, 0.15) is 5.69 Å². The van der Waals surface area contributed by atoms with Crippen molar-refractivity contribution in [1.29, 1.82) is 0 Å². The van der Waals surface area contributed by atoms with Crippen molar-refractivity contribution < 1.29 is 4.79 Å². The third-order valence-corrected chi connectivity index (χ3v) is 4.40. The fourth-order valence-electron chi connectivity index (χ4n) is 2.95. The Balaban J connectivity index is 1.59. The second kappa shape index (κ2) is 7.53. The van der Waals surface area contributed by atoms with Crippen molar-refractivity contribution in [3.63, 3.8) is 0 Å². The number of aryl methyl sites for hydroxylation is 2. The molecule has 1 aromatic carbocycles. The Morgan fingerprint density at radius 2 is 1.79 bits per heavy atom. The van der Waals surface area contributed by atoms with E-state index < -0.39 is 0 Å². The quantitative estimate of drug-likeness (QED) is 0.870. The zero-order valence-electron chi connectivity index (χ0n) is 14.4. The minimum atomic E-state index is -0.0142. The van der Waals surface area contributed by atoms with E-state index in [1.54, 1.807) is 12.4 Å². The molecule has 5 nitrogen and oxygen atoms in total. The SMILES string of the molecule is Cc1ccc(CN2CCCN(C(=O)c3cnc(C)cn3)CC2)cc1. The number of hydrogen-bond donors (Lipinski definition) is 0. The summed E-state index contributed by atoms with van der Waals surface area (Å²) in [7, 11) is 0. The van der Waals surface area contributed by atoms with Gasteiger partial charge in [-0.1, -0.05) is 29.8 Å². The second-order valence-electron chi connectivity index (χ2n) is 6.45. The van der Waals surface area contributed by atoms with Gasteiger partial charge in [-0.05, 0) is 25.8 Å². The van der Waals surface area contributed by atoms with Gasteiger partial charge in [0.15, 0.2) is 0 Å². The first kappa shape index (κ1) is 16.6. The van der Waals surface area contributed by atoms with Gasteiger partial charge in [-0.15, -0.1) is 0 Å². The number of carbonyl (C=O) groups excluding carboxylic acids is 1. The molecule has 24 heavy (non-hydrogen) atoms.